The number of benzene rings is 1. The zero-order valence-corrected chi connectivity index (χ0v) is 15.5. The molecule has 5 nitrogen and oxygen atoms in total. The molecule has 26 heavy (non-hydrogen) atoms. The van der Waals surface area contributed by atoms with E-state index in [1.807, 2.05) is 11.6 Å². The molecule has 1 atom stereocenters. The standard InChI is InChI=1S/C20H21ClN4O/c1-12-11-22-20(23-19(12)21)18-15-10-14(13-5-6-13)7-8-16(15)25(24-18)17-4-2-3-9-26-17/h7-8,10-11,13,17H,2-6,9H2,1H3. The second kappa shape index (κ2) is 6.32. The third-order valence-corrected chi connectivity index (χ3v) is 5.71. The number of ether oxygens (including phenoxy) is 1. The average Bonchev–Trinajstić information content (AvgIpc) is 3.45. The smallest absolute Gasteiger partial charge is 0.182 e. The van der Waals surface area contributed by atoms with Gasteiger partial charge in [0.15, 0.2) is 12.1 Å². The number of nitrogens with zero attached hydrogens (tertiary/aromatic N) is 4. The second-order valence-electron chi connectivity index (χ2n) is 7.33. The zero-order valence-electron chi connectivity index (χ0n) is 14.8. The van der Waals surface area contributed by atoms with E-state index in [4.69, 9.17) is 21.4 Å². The molecule has 3 heterocycles. The van der Waals surface area contributed by atoms with E-state index in [-0.39, 0.29) is 6.23 Å². The topological polar surface area (TPSA) is 52.8 Å². The molecule has 0 spiro atoms. The average molecular weight is 369 g/mol. The van der Waals surface area contributed by atoms with Crippen LogP contribution < -0.4 is 0 Å². The monoisotopic (exact) mass is 368 g/mol. The van der Waals surface area contributed by atoms with E-state index in [0.29, 0.717) is 16.9 Å². The fraction of sp³-hybridized carbons (Fsp3) is 0.450. The molecule has 6 heteroatoms. The number of aromatic nitrogens is 4. The fourth-order valence-electron chi connectivity index (χ4n) is 3.67. The molecule has 0 bridgehead atoms. The van der Waals surface area contributed by atoms with Gasteiger partial charge in [0.1, 0.15) is 10.8 Å². The Kier molecular flexibility index (Phi) is 3.94. The minimum Gasteiger partial charge on any atom is -0.356 e. The molecular formula is C20H21ClN4O. The molecule has 1 aliphatic heterocycles. The highest BCUT2D eigenvalue weighted by atomic mass is 35.5. The van der Waals surface area contributed by atoms with E-state index in [1.165, 1.54) is 18.4 Å². The largest absolute Gasteiger partial charge is 0.356 e. The molecule has 2 aliphatic rings. The van der Waals surface area contributed by atoms with Crippen LogP contribution in [0.2, 0.25) is 5.15 Å². The lowest BCUT2D eigenvalue weighted by Gasteiger charge is -2.23. The summed E-state index contributed by atoms with van der Waals surface area (Å²) in [6.45, 7) is 2.69. The molecule has 1 aromatic carbocycles. The van der Waals surface area contributed by atoms with Gasteiger partial charge in [-0.25, -0.2) is 14.6 Å². The van der Waals surface area contributed by atoms with Crippen molar-refractivity contribution in [2.45, 2.75) is 51.2 Å². The summed E-state index contributed by atoms with van der Waals surface area (Å²) < 4.78 is 8.00. The number of fused-ring (bicyclic) bond motifs is 1. The molecule has 2 fully saturated rings. The highest BCUT2D eigenvalue weighted by Gasteiger charge is 2.27. The third kappa shape index (κ3) is 2.79. The van der Waals surface area contributed by atoms with Crippen molar-refractivity contribution in [2.24, 2.45) is 0 Å². The molecule has 0 N–H and O–H groups in total. The van der Waals surface area contributed by atoms with Crippen molar-refractivity contribution >= 4 is 22.5 Å². The van der Waals surface area contributed by atoms with Crippen molar-refractivity contribution in [1.82, 2.24) is 19.7 Å². The van der Waals surface area contributed by atoms with Crippen LogP contribution in [0.25, 0.3) is 22.4 Å². The normalized spacial score (nSPS) is 20.6. The van der Waals surface area contributed by atoms with E-state index in [0.717, 1.165) is 48.0 Å². The van der Waals surface area contributed by atoms with Gasteiger partial charge in [-0.1, -0.05) is 17.7 Å². The lowest BCUT2D eigenvalue weighted by Crippen LogP contribution is -2.19. The van der Waals surface area contributed by atoms with E-state index in [2.05, 4.69) is 28.2 Å². The quantitative estimate of drug-likeness (QED) is 0.608. The molecule has 1 saturated carbocycles. The Bertz CT molecular complexity index is 973. The summed E-state index contributed by atoms with van der Waals surface area (Å²) in [4.78, 5) is 8.98. The maximum absolute atomic E-state index is 6.25. The third-order valence-electron chi connectivity index (χ3n) is 5.33. The molecule has 0 amide bonds. The minimum atomic E-state index is -0.0207. The first-order chi connectivity index (χ1) is 12.7. The Morgan fingerprint density at radius 1 is 1.19 bits per heavy atom. The van der Waals surface area contributed by atoms with Crippen LogP contribution in [0, 0.1) is 6.92 Å². The van der Waals surface area contributed by atoms with Crippen LogP contribution in [0.15, 0.2) is 24.4 Å². The van der Waals surface area contributed by atoms with Crippen molar-refractivity contribution in [3.63, 3.8) is 0 Å². The van der Waals surface area contributed by atoms with Crippen LogP contribution >= 0.6 is 11.6 Å². The van der Waals surface area contributed by atoms with Gasteiger partial charge in [-0.3, -0.25) is 0 Å². The van der Waals surface area contributed by atoms with Crippen molar-refractivity contribution in [2.75, 3.05) is 6.61 Å². The highest BCUT2D eigenvalue weighted by Crippen LogP contribution is 2.42. The van der Waals surface area contributed by atoms with E-state index < -0.39 is 0 Å². The summed E-state index contributed by atoms with van der Waals surface area (Å²) in [7, 11) is 0. The number of halogens is 1. The summed E-state index contributed by atoms with van der Waals surface area (Å²) in [5.74, 6) is 1.26. The van der Waals surface area contributed by atoms with E-state index in [1.54, 1.807) is 6.20 Å². The lowest BCUT2D eigenvalue weighted by atomic mass is 10.1. The van der Waals surface area contributed by atoms with Gasteiger partial charge in [0, 0.05) is 23.8 Å². The molecular weight excluding hydrogens is 348 g/mol. The Balaban J connectivity index is 1.69. The minimum absolute atomic E-state index is 0.0207. The first-order valence-electron chi connectivity index (χ1n) is 9.34. The Morgan fingerprint density at radius 3 is 2.81 bits per heavy atom. The summed E-state index contributed by atoms with van der Waals surface area (Å²) in [6.07, 6.45) is 7.54. The van der Waals surface area contributed by atoms with Gasteiger partial charge >= 0.3 is 0 Å². The summed E-state index contributed by atoms with van der Waals surface area (Å²) in [5.41, 5.74) is 4.12. The van der Waals surface area contributed by atoms with Gasteiger partial charge < -0.3 is 4.74 Å². The van der Waals surface area contributed by atoms with Gasteiger partial charge in [0.2, 0.25) is 0 Å². The van der Waals surface area contributed by atoms with Crippen LogP contribution in [-0.4, -0.2) is 26.4 Å². The van der Waals surface area contributed by atoms with Crippen LogP contribution in [0.1, 0.15) is 55.4 Å². The summed E-state index contributed by atoms with van der Waals surface area (Å²) in [5, 5.41) is 6.45. The number of rotatable bonds is 3. The van der Waals surface area contributed by atoms with Crippen LogP contribution in [-0.2, 0) is 4.74 Å². The molecule has 0 radical (unpaired) electrons. The maximum atomic E-state index is 6.25. The SMILES string of the molecule is Cc1cnc(-c2nn(C3CCCCO3)c3ccc(C4CC4)cc23)nc1Cl. The van der Waals surface area contributed by atoms with E-state index in [9.17, 15) is 0 Å². The van der Waals surface area contributed by atoms with Gasteiger partial charge in [0.05, 0.1) is 5.52 Å². The number of aryl methyl sites for hydroxylation is 1. The molecule has 1 aliphatic carbocycles. The first-order valence-corrected chi connectivity index (χ1v) is 9.72. The molecule has 5 rings (SSSR count). The zero-order chi connectivity index (χ0) is 17.7. The Labute approximate surface area is 157 Å². The van der Waals surface area contributed by atoms with Gasteiger partial charge in [0.25, 0.3) is 0 Å². The fourth-order valence-corrected chi connectivity index (χ4v) is 3.79. The van der Waals surface area contributed by atoms with Crippen LogP contribution in [0.3, 0.4) is 0 Å². The summed E-state index contributed by atoms with van der Waals surface area (Å²) >= 11 is 6.25. The molecule has 134 valence electrons. The van der Waals surface area contributed by atoms with Crippen molar-refractivity contribution in [1.29, 1.82) is 0 Å². The second-order valence-corrected chi connectivity index (χ2v) is 7.69. The van der Waals surface area contributed by atoms with Gasteiger partial charge in [-0.15, -0.1) is 0 Å². The Morgan fingerprint density at radius 2 is 2.08 bits per heavy atom. The van der Waals surface area contributed by atoms with Crippen LogP contribution in [0.4, 0.5) is 0 Å². The van der Waals surface area contributed by atoms with Crippen molar-refractivity contribution < 1.29 is 4.74 Å². The first kappa shape index (κ1) is 16.2. The molecule has 2 aromatic heterocycles. The molecule has 1 saturated heterocycles. The Hall–Kier alpha value is -1.98. The molecule has 1 unspecified atom stereocenters. The van der Waals surface area contributed by atoms with E-state index >= 15 is 0 Å². The lowest BCUT2D eigenvalue weighted by molar-refractivity contribution is -0.0365. The maximum Gasteiger partial charge on any atom is 0.182 e. The molecule has 3 aromatic rings. The van der Waals surface area contributed by atoms with Crippen molar-refractivity contribution in [3.8, 4) is 11.5 Å². The van der Waals surface area contributed by atoms with Gasteiger partial charge in [-0.2, -0.15) is 5.10 Å². The number of hydrogen-bond acceptors (Lipinski definition) is 4. The van der Waals surface area contributed by atoms with Crippen molar-refractivity contribution in [3.05, 3.63) is 40.7 Å². The summed E-state index contributed by atoms with van der Waals surface area (Å²) in [6, 6.07) is 6.66. The predicted molar refractivity (Wildman–Crippen MR) is 101 cm³/mol. The highest BCUT2D eigenvalue weighted by molar-refractivity contribution is 6.30. The van der Waals surface area contributed by atoms with Gasteiger partial charge in [-0.05, 0) is 62.6 Å². The number of hydrogen-bond donors (Lipinski definition) is 0. The predicted octanol–water partition coefficient (Wildman–Crippen LogP) is 5.03. The van der Waals surface area contributed by atoms with Crippen LogP contribution in [0.5, 0.6) is 0 Å².